The SMILES string of the molecule is C[C@@H]1[C@@H]([Si](C)(C)F)[C@H](CCO)O[C@@]12C(=O)N(Cc1cccc(NC(=O)[C@H]3CCCN3)c1)c1ccc([N+](=O)[O-])cc12. The average molecular weight is 571 g/mol. The molecule has 0 unspecified atom stereocenters. The zero-order chi connectivity index (χ0) is 28.8. The molecule has 2 aromatic rings. The van der Waals surface area contributed by atoms with Crippen molar-refractivity contribution >= 4 is 37.3 Å². The third-order valence-corrected chi connectivity index (χ3v) is 10.9. The molecule has 2 aromatic carbocycles. The van der Waals surface area contributed by atoms with Gasteiger partial charge < -0.3 is 29.5 Å². The molecule has 40 heavy (non-hydrogen) atoms. The van der Waals surface area contributed by atoms with Gasteiger partial charge in [0.15, 0.2) is 5.60 Å². The van der Waals surface area contributed by atoms with E-state index in [-0.39, 0.29) is 37.2 Å². The number of hydrogen-bond acceptors (Lipinski definition) is 7. The number of nitro groups is 1. The number of nitrogens with zero attached hydrogens (tertiary/aromatic N) is 2. The lowest BCUT2D eigenvalue weighted by molar-refractivity contribution is -0.385. The summed E-state index contributed by atoms with van der Waals surface area (Å²) in [5.41, 5.74) is -0.247. The Morgan fingerprint density at radius 3 is 2.75 bits per heavy atom. The molecule has 0 bridgehead atoms. The Kier molecular flexibility index (Phi) is 7.55. The molecule has 3 aliphatic rings. The van der Waals surface area contributed by atoms with E-state index in [4.69, 9.17) is 4.74 Å². The molecule has 1 spiro atoms. The molecule has 2 saturated heterocycles. The molecule has 214 valence electrons. The highest BCUT2D eigenvalue weighted by molar-refractivity contribution is 6.72. The zero-order valence-corrected chi connectivity index (χ0v) is 23.9. The van der Waals surface area contributed by atoms with Crippen molar-refractivity contribution in [3.8, 4) is 0 Å². The van der Waals surface area contributed by atoms with Gasteiger partial charge in [-0.3, -0.25) is 19.7 Å². The molecule has 3 heterocycles. The van der Waals surface area contributed by atoms with Crippen LogP contribution in [-0.2, 0) is 26.5 Å². The number of benzene rings is 2. The van der Waals surface area contributed by atoms with E-state index in [0.29, 0.717) is 16.9 Å². The number of halogens is 1. The maximum absolute atomic E-state index is 15.7. The maximum atomic E-state index is 15.7. The van der Waals surface area contributed by atoms with Crippen LogP contribution in [0.3, 0.4) is 0 Å². The third-order valence-electron chi connectivity index (χ3n) is 8.48. The number of carbonyl (C=O) groups is 2. The summed E-state index contributed by atoms with van der Waals surface area (Å²) in [4.78, 5) is 39.6. The fourth-order valence-corrected chi connectivity index (χ4v) is 9.31. The topological polar surface area (TPSA) is 134 Å². The van der Waals surface area contributed by atoms with Gasteiger partial charge in [-0.15, -0.1) is 0 Å². The minimum Gasteiger partial charge on any atom is -0.396 e. The van der Waals surface area contributed by atoms with Crippen LogP contribution in [0.1, 0.15) is 37.3 Å². The van der Waals surface area contributed by atoms with Crippen LogP contribution in [0.5, 0.6) is 0 Å². The predicted octanol–water partition coefficient (Wildman–Crippen LogP) is 3.99. The van der Waals surface area contributed by atoms with Crippen molar-refractivity contribution < 1.29 is 28.5 Å². The highest BCUT2D eigenvalue weighted by Gasteiger charge is 2.66. The summed E-state index contributed by atoms with van der Waals surface area (Å²) in [7, 11) is -3.38. The van der Waals surface area contributed by atoms with E-state index in [0.717, 1.165) is 24.9 Å². The highest BCUT2D eigenvalue weighted by Crippen LogP contribution is 2.60. The number of aliphatic hydroxyl groups is 1. The number of nitro benzene ring substituents is 1. The minimum absolute atomic E-state index is 0.115. The first-order valence-electron chi connectivity index (χ1n) is 13.7. The first kappa shape index (κ1) is 28.3. The maximum Gasteiger partial charge on any atom is 0.269 e. The molecule has 0 radical (unpaired) electrons. The largest absolute Gasteiger partial charge is 0.396 e. The number of rotatable bonds is 8. The number of hydrogen-bond donors (Lipinski definition) is 3. The number of amides is 2. The van der Waals surface area contributed by atoms with Crippen LogP contribution < -0.4 is 15.5 Å². The third kappa shape index (κ3) is 4.82. The van der Waals surface area contributed by atoms with E-state index < -0.39 is 42.4 Å². The highest BCUT2D eigenvalue weighted by atomic mass is 28.4. The van der Waals surface area contributed by atoms with Gasteiger partial charge in [0.05, 0.1) is 29.3 Å². The van der Waals surface area contributed by atoms with Crippen LogP contribution in [0.4, 0.5) is 21.2 Å². The molecule has 0 saturated carbocycles. The van der Waals surface area contributed by atoms with Gasteiger partial charge >= 0.3 is 0 Å². The standard InChI is InChI=1S/C28H35FN4O6Si/c1-17-25(40(2,3)29)24(11-13-34)39-28(17)21-15-20(33(37)38)9-10-23(21)32(27(28)36)16-18-6-4-7-19(14-18)31-26(35)22-8-5-12-30-22/h4,6-7,9-10,14-15,17,22,24-25,30,34H,5,8,11-13,16H2,1-3H3,(H,31,35)/t17-,22-,24+,25-,28+/m1/s1. The van der Waals surface area contributed by atoms with Gasteiger partial charge in [0.1, 0.15) is 0 Å². The molecule has 10 nitrogen and oxygen atoms in total. The lowest BCUT2D eigenvalue weighted by Gasteiger charge is -2.31. The fourth-order valence-electron chi connectivity index (χ4n) is 6.77. The molecule has 12 heteroatoms. The van der Waals surface area contributed by atoms with Crippen LogP contribution in [0, 0.1) is 16.0 Å². The molecule has 0 aliphatic carbocycles. The Bertz CT molecular complexity index is 1330. The number of aliphatic hydroxyl groups excluding tert-OH is 1. The molecule has 2 amide bonds. The summed E-state index contributed by atoms with van der Waals surface area (Å²) in [6, 6.07) is 11.2. The van der Waals surface area contributed by atoms with E-state index in [1.165, 1.54) is 17.0 Å². The average Bonchev–Trinajstić information content (AvgIpc) is 3.59. The summed E-state index contributed by atoms with van der Waals surface area (Å²) in [6.45, 7) is 5.59. The number of carbonyl (C=O) groups excluding carboxylic acids is 2. The lowest BCUT2D eigenvalue weighted by Crippen LogP contribution is -2.45. The molecule has 5 atom stereocenters. The summed E-state index contributed by atoms with van der Waals surface area (Å²) >= 11 is 0. The van der Waals surface area contributed by atoms with Gasteiger partial charge in [-0.1, -0.05) is 19.1 Å². The second-order valence-electron chi connectivity index (χ2n) is 11.5. The Morgan fingerprint density at radius 1 is 1.32 bits per heavy atom. The molecule has 0 aromatic heterocycles. The second kappa shape index (κ2) is 10.7. The number of non-ortho nitro benzene ring substituents is 1. The number of nitrogens with one attached hydrogen (secondary N) is 2. The van der Waals surface area contributed by atoms with Gasteiger partial charge in [0, 0.05) is 41.4 Å². The van der Waals surface area contributed by atoms with Gasteiger partial charge in [-0.05, 0) is 62.7 Å². The summed E-state index contributed by atoms with van der Waals surface area (Å²) < 4.78 is 22.1. The van der Waals surface area contributed by atoms with E-state index in [1.54, 1.807) is 44.3 Å². The number of ether oxygens (including phenoxy) is 1. The van der Waals surface area contributed by atoms with E-state index in [9.17, 15) is 24.8 Å². The van der Waals surface area contributed by atoms with Crippen LogP contribution in [0.2, 0.25) is 18.6 Å². The first-order chi connectivity index (χ1) is 19.0. The molecule has 2 fully saturated rings. The van der Waals surface area contributed by atoms with E-state index in [2.05, 4.69) is 10.6 Å². The van der Waals surface area contributed by atoms with Crippen LogP contribution >= 0.6 is 0 Å². The van der Waals surface area contributed by atoms with Gasteiger partial charge in [0.2, 0.25) is 14.3 Å². The van der Waals surface area contributed by atoms with Crippen molar-refractivity contribution in [3.63, 3.8) is 0 Å². The summed E-state index contributed by atoms with van der Waals surface area (Å²) in [5.74, 6) is -1.14. The molecule has 3 aliphatic heterocycles. The van der Waals surface area contributed by atoms with Crippen molar-refractivity contribution in [1.29, 1.82) is 0 Å². The Hall–Kier alpha value is -3.19. The molecule has 3 N–H and O–H groups in total. The normalized spacial score (nSPS) is 27.8. The quantitative estimate of drug-likeness (QED) is 0.189. The number of fused-ring (bicyclic) bond motifs is 2. The molecular weight excluding hydrogens is 535 g/mol. The van der Waals surface area contributed by atoms with Crippen molar-refractivity contribution in [2.24, 2.45) is 5.92 Å². The smallest absolute Gasteiger partial charge is 0.269 e. The number of anilines is 2. The van der Waals surface area contributed by atoms with Crippen LogP contribution in [0.25, 0.3) is 0 Å². The van der Waals surface area contributed by atoms with Gasteiger partial charge in [-0.2, -0.15) is 0 Å². The molecular formula is C28H35FN4O6Si. The van der Waals surface area contributed by atoms with Gasteiger partial charge in [-0.25, -0.2) is 0 Å². The van der Waals surface area contributed by atoms with Crippen LogP contribution in [0.15, 0.2) is 42.5 Å². The van der Waals surface area contributed by atoms with E-state index in [1.807, 2.05) is 6.07 Å². The molecule has 5 rings (SSSR count). The lowest BCUT2D eigenvalue weighted by atomic mass is 9.82. The summed E-state index contributed by atoms with van der Waals surface area (Å²) in [5, 5.41) is 27.5. The van der Waals surface area contributed by atoms with Crippen molar-refractivity contribution in [1.82, 2.24) is 5.32 Å². The van der Waals surface area contributed by atoms with Crippen molar-refractivity contribution in [2.75, 3.05) is 23.4 Å². The first-order valence-corrected chi connectivity index (χ1v) is 16.6. The Morgan fingerprint density at radius 2 is 2.10 bits per heavy atom. The fraction of sp³-hybridized carbons (Fsp3) is 0.500. The zero-order valence-electron chi connectivity index (χ0n) is 22.9. The monoisotopic (exact) mass is 570 g/mol. The van der Waals surface area contributed by atoms with E-state index >= 15 is 4.11 Å². The van der Waals surface area contributed by atoms with Crippen LogP contribution in [-0.4, -0.2) is 55.5 Å². The second-order valence-corrected chi connectivity index (χ2v) is 15.3. The van der Waals surface area contributed by atoms with Crippen molar-refractivity contribution in [3.05, 3.63) is 63.7 Å². The predicted molar refractivity (Wildman–Crippen MR) is 150 cm³/mol. The van der Waals surface area contributed by atoms with Crippen molar-refractivity contribution in [2.45, 2.75) is 69.1 Å². The summed E-state index contributed by atoms with van der Waals surface area (Å²) in [6.07, 6.45) is 1.17. The Balaban J connectivity index is 1.51. The Labute approximate surface area is 233 Å². The van der Waals surface area contributed by atoms with Gasteiger partial charge in [0.25, 0.3) is 11.6 Å². The minimum atomic E-state index is -3.38.